The highest BCUT2D eigenvalue weighted by atomic mass is 16.1. The number of fused-ring (bicyclic) bond motifs is 1. The summed E-state index contributed by atoms with van der Waals surface area (Å²) in [5.41, 5.74) is 4.09. The molecule has 0 saturated heterocycles. The molecular formula is C20H14N2O. The first kappa shape index (κ1) is 13.5. The van der Waals surface area contributed by atoms with Gasteiger partial charge in [0.05, 0.1) is 11.3 Å². The Morgan fingerprint density at radius 3 is 2.43 bits per heavy atom. The third-order valence-corrected chi connectivity index (χ3v) is 3.92. The molecule has 2 aromatic heterocycles. The maximum absolute atomic E-state index is 13.1. The number of H-pyrrole nitrogens is 1. The third-order valence-electron chi connectivity index (χ3n) is 3.92. The first-order chi connectivity index (χ1) is 11.3. The van der Waals surface area contributed by atoms with Gasteiger partial charge in [0.25, 0.3) is 0 Å². The molecule has 0 aliphatic carbocycles. The number of pyridine rings is 1. The summed E-state index contributed by atoms with van der Waals surface area (Å²) in [6.45, 7) is 0. The Morgan fingerprint density at radius 2 is 1.65 bits per heavy atom. The molecule has 110 valence electrons. The summed E-state index contributed by atoms with van der Waals surface area (Å²) in [7, 11) is 0. The zero-order valence-electron chi connectivity index (χ0n) is 12.4. The second-order valence-electron chi connectivity index (χ2n) is 5.36. The molecule has 0 radical (unpaired) electrons. The number of aromatic amines is 1. The fraction of sp³-hybridized carbons (Fsp3) is 0. The van der Waals surface area contributed by atoms with Crippen LogP contribution in [0, 0.1) is 0 Å². The lowest BCUT2D eigenvalue weighted by Gasteiger charge is -2.04. The van der Waals surface area contributed by atoms with Crippen LogP contribution in [0.25, 0.3) is 22.2 Å². The fourth-order valence-corrected chi connectivity index (χ4v) is 2.84. The Bertz CT molecular complexity index is 972. The molecule has 23 heavy (non-hydrogen) atoms. The number of para-hydroxylation sites is 1. The number of benzene rings is 2. The molecule has 4 rings (SSSR count). The van der Waals surface area contributed by atoms with E-state index in [0.29, 0.717) is 11.1 Å². The molecule has 3 heteroatoms. The monoisotopic (exact) mass is 298 g/mol. The number of ketones is 1. The van der Waals surface area contributed by atoms with Gasteiger partial charge in [-0.2, -0.15) is 0 Å². The predicted octanol–water partition coefficient (Wildman–Crippen LogP) is 4.46. The Hall–Kier alpha value is -3.20. The van der Waals surface area contributed by atoms with Crippen molar-refractivity contribution in [3.8, 4) is 11.3 Å². The average Bonchev–Trinajstić information content (AvgIpc) is 3.02. The third kappa shape index (κ3) is 2.32. The van der Waals surface area contributed by atoms with Gasteiger partial charge in [0.15, 0.2) is 5.78 Å². The topological polar surface area (TPSA) is 45.8 Å². The molecule has 0 unspecified atom stereocenters. The minimum absolute atomic E-state index is 0.0191. The van der Waals surface area contributed by atoms with Crippen LogP contribution >= 0.6 is 0 Å². The Kier molecular flexibility index (Phi) is 3.24. The van der Waals surface area contributed by atoms with Gasteiger partial charge in [0.2, 0.25) is 0 Å². The van der Waals surface area contributed by atoms with Crippen LogP contribution in [0.15, 0.2) is 79.1 Å². The molecule has 0 aliphatic rings. The van der Waals surface area contributed by atoms with E-state index in [0.717, 1.165) is 22.2 Å². The quantitative estimate of drug-likeness (QED) is 0.567. The lowest BCUT2D eigenvalue weighted by Crippen LogP contribution is -2.02. The standard InChI is InChI=1S/C20H14N2O/c23-20(15-9-6-12-21-13-15)18-16-10-4-5-11-17(16)22-19(18)14-7-2-1-3-8-14/h1-13,22H. The molecule has 0 saturated carbocycles. The van der Waals surface area contributed by atoms with Crippen LogP contribution in [0.2, 0.25) is 0 Å². The van der Waals surface area contributed by atoms with E-state index >= 15 is 0 Å². The number of carbonyl (C=O) groups excluding carboxylic acids is 1. The van der Waals surface area contributed by atoms with Crippen LogP contribution in [-0.4, -0.2) is 15.8 Å². The molecule has 2 heterocycles. The van der Waals surface area contributed by atoms with Crippen molar-refractivity contribution in [2.24, 2.45) is 0 Å². The van der Waals surface area contributed by atoms with E-state index in [1.165, 1.54) is 0 Å². The highest BCUT2D eigenvalue weighted by Crippen LogP contribution is 2.31. The van der Waals surface area contributed by atoms with Crippen molar-refractivity contribution < 1.29 is 4.79 Å². The Labute approximate surface area is 133 Å². The van der Waals surface area contributed by atoms with Gasteiger partial charge >= 0.3 is 0 Å². The SMILES string of the molecule is O=C(c1cccnc1)c1c(-c2ccccc2)[nH]c2ccccc12. The van der Waals surface area contributed by atoms with E-state index < -0.39 is 0 Å². The second-order valence-corrected chi connectivity index (χ2v) is 5.36. The summed E-state index contributed by atoms with van der Waals surface area (Å²) in [5.74, 6) is -0.0191. The molecule has 3 nitrogen and oxygen atoms in total. The van der Waals surface area contributed by atoms with Gasteiger partial charge in [0, 0.05) is 28.9 Å². The minimum atomic E-state index is -0.0191. The molecule has 0 atom stereocenters. The van der Waals surface area contributed by atoms with Crippen molar-refractivity contribution in [1.29, 1.82) is 0 Å². The Morgan fingerprint density at radius 1 is 0.870 bits per heavy atom. The summed E-state index contributed by atoms with van der Waals surface area (Å²) < 4.78 is 0. The largest absolute Gasteiger partial charge is 0.354 e. The van der Waals surface area contributed by atoms with Gasteiger partial charge in [-0.1, -0.05) is 48.5 Å². The normalized spacial score (nSPS) is 10.8. The van der Waals surface area contributed by atoms with Crippen molar-refractivity contribution in [3.63, 3.8) is 0 Å². The van der Waals surface area contributed by atoms with Crippen molar-refractivity contribution in [2.75, 3.05) is 0 Å². The number of carbonyl (C=O) groups is 1. The van der Waals surface area contributed by atoms with Crippen LogP contribution in [0.4, 0.5) is 0 Å². The van der Waals surface area contributed by atoms with Crippen LogP contribution in [0.1, 0.15) is 15.9 Å². The molecule has 2 aromatic carbocycles. The summed E-state index contributed by atoms with van der Waals surface area (Å²) in [4.78, 5) is 20.5. The van der Waals surface area contributed by atoms with Gasteiger partial charge in [-0.3, -0.25) is 9.78 Å². The fourth-order valence-electron chi connectivity index (χ4n) is 2.84. The maximum atomic E-state index is 13.1. The zero-order chi connectivity index (χ0) is 15.6. The highest BCUT2D eigenvalue weighted by Gasteiger charge is 2.20. The number of rotatable bonds is 3. The van der Waals surface area contributed by atoms with Gasteiger partial charge in [-0.25, -0.2) is 0 Å². The van der Waals surface area contributed by atoms with Gasteiger partial charge in [-0.05, 0) is 23.8 Å². The summed E-state index contributed by atoms with van der Waals surface area (Å²) >= 11 is 0. The number of nitrogens with zero attached hydrogens (tertiary/aromatic N) is 1. The van der Waals surface area contributed by atoms with Gasteiger partial charge in [0.1, 0.15) is 0 Å². The van der Waals surface area contributed by atoms with Gasteiger partial charge < -0.3 is 4.98 Å². The first-order valence-corrected chi connectivity index (χ1v) is 7.45. The Balaban J connectivity index is 1.99. The second kappa shape index (κ2) is 5.54. The summed E-state index contributed by atoms with van der Waals surface area (Å²) in [6.07, 6.45) is 3.28. The number of nitrogens with one attached hydrogen (secondary N) is 1. The molecule has 0 spiro atoms. The lowest BCUT2D eigenvalue weighted by atomic mass is 9.98. The van der Waals surface area contributed by atoms with Crippen LogP contribution < -0.4 is 0 Å². The highest BCUT2D eigenvalue weighted by molar-refractivity contribution is 6.20. The molecular weight excluding hydrogens is 284 g/mol. The van der Waals surface area contributed by atoms with Crippen LogP contribution in [-0.2, 0) is 0 Å². The molecule has 0 bridgehead atoms. The molecule has 0 aliphatic heterocycles. The lowest BCUT2D eigenvalue weighted by molar-refractivity contribution is 0.104. The van der Waals surface area contributed by atoms with Gasteiger partial charge in [-0.15, -0.1) is 0 Å². The maximum Gasteiger partial charge on any atom is 0.197 e. The first-order valence-electron chi connectivity index (χ1n) is 7.45. The van der Waals surface area contributed by atoms with E-state index in [1.54, 1.807) is 24.5 Å². The van der Waals surface area contributed by atoms with Crippen molar-refractivity contribution in [3.05, 3.63) is 90.3 Å². The van der Waals surface area contributed by atoms with E-state index in [9.17, 15) is 4.79 Å². The molecule has 1 N–H and O–H groups in total. The molecule has 4 aromatic rings. The van der Waals surface area contributed by atoms with E-state index in [4.69, 9.17) is 0 Å². The zero-order valence-corrected chi connectivity index (χ0v) is 12.4. The van der Waals surface area contributed by atoms with E-state index in [-0.39, 0.29) is 5.78 Å². The van der Waals surface area contributed by atoms with Crippen LogP contribution in [0.5, 0.6) is 0 Å². The average molecular weight is 298 g/mol. The number of hydrogen-bond acceptors (Lipinski definition) is 2. The molecule has 0 fully saturated rings. The molecule has 0 amide bonds. The van der Waals surface area contributed by atoms with Crippen molar-refractivity contribution in [1.82, 2.24) is 9.97 Å². The summed E-state index contributed by atoms with van der Waals surface area (Å²) in [6, 6.07) is 21.4. The predicted molar refractivity (Wildman–Crippen MR) is 91.4 cm³/mol. The smallest absolute Gasteiger partial charge is 0.197 e. The van der Waals surface area contributed by atoms with Crippen LogP contribution in [0.3, 0.4) is 0 Å². The van der Waals surface area contributed by atoms with Crippen molar-refractivity contribution in [2.45, 2.75) is 0 Å². The van der Waals surface area contributed by atoms with E-state index in [1.807, 2.05) is 54.6 Å². The van der Waals surface area contributed by atoms with E-state index in [2.05, 4.69) is 9.97 Å². The number of hydrogen-bond donors (Lipinski definition) is 1. The summed E-state index contributed by atoms with van der Waals surface area (Å²) in [5, 5.41) is 0.931. The van der Waals surface area contributed by atoms with Crippen molar-refractivity contribution >= 4 is 16.7 Å². The number of aromatic nitrogens is 2. The minimum Gasteiger partial charge on any atom is -0.354 e.